The fraction of sp³-hybridized carbons (Fsp3) is 0.929. The van der Waals surface area contributed by atoms with Crippen LogP contribution in [0.4, 0.5) is 0 Å². The van der Waals surface area contributed by atoms with Crippen LogP contribution in [0.3, 0.4) is 0 Å². The van der Waals surface area contributed by atoms with Gasteiger partial charge in [0.05, 0.1) is 0 Å². The van der Waals surface area contributed by atoms with Crippen molar-refractivity contribution < 1.29 is 4.79 Å². The minimum Gasteiger partial charge on any atom is -0.340 e. The Kier molecular flexibility index (Phi) is 3.97. The summed E-state index contributed by atoms with van der Waals surface area (Å²) >= 11 is 0. The van der Waals surface area contributed by atoms with E-state index >= 15 is 0 Å². The van der Waals surface area contributed by atoms with Crippen LogP contribution in [-0.4, -0.2) is 60.0 Å². The molecule has 0 spiro atoms. The van der Waals surface area contributed by atoms with Crippen molar-refractivity contribution in [3.8, 4) is 0 Å². The van der Waals surface area contributed by atoms with Crippen LogP contribution in [0.2, 0.25) is 0 Å². The van der Waals surface area contributed by atoms with Crippen LogP contribution < -0.4 is 5.32 Å². The Hall–Kier alpha value is -0.610. The van der Waals surface area contributed by atoms with Crippen LogP contribution in [0.25, 0.3) is 0 Å². The highest BCUT2D eigenvalue weighted by Gasteiger charge is 2.35. The Labute approximate surface area is 111 Å². The molecule has 0 aliphatic carbocycles. The van der Waals surface area contributed by atoms with E-state index in [0.29, 0.717) is 11.9 Å². The molecule has 2 fully saturated rings. The summed E-state index contributed by atoms with van der Waals surface area (Å²) < 4.78 is 0. The summed E-state index contributed by atoms with van der Waals surface area (Å²) in [6, 6.07) is 0.649. The van der Waals surface area contributed by atoms with Crippen LogP contribution in [0, 0.1) is 5.92 Å². The molecule has 1 atom stereocenters. The molecule has 18 heavy (non-hydrogen) atoms. The van der Waals surface area contributed by atoms with E-state index in [1.165, 1.54) is 6.42 Å². The normalized spacial score (nSPS) is 28.9. The topological polar surface area (TPSA) is 35.6 Å². The summed E-state index contributed by atoms with van der Waals surface area (Å²) in [4.78, 5) is 16.5. The number of amides is 1. The maximum Gasteiger partial charge on any atom is 0.225 e. The first-order valence-electron chi connectivity index (χ1n) is 7.17. The molecule has 0 radical (unpaired) electrons. The van der Waals surface area contributed by atoms with Crippen molar-refractivity contribution in [1.29, 1.82) is 0 Å². The molecule has 1 unspecified atom stereocenters. The first-order valence-corrected chi connectivity index (χ1v) is 7.17. The van der Waals surface area contributed by atoms with Gasteiger partial charge in [-0.1, -0.05) is 13.8 Å². The van der Waals surface area contributed by atoms with Gasteiger partial charge >= 0.3 is 0 Å². The number of carbonyl (C=O) groups excluding carboxylic acids is 1. The minimum absolute atomic E-state index is 0.128. The third kappa shape index (κ3) is 3.04. The molecule has 104 valence electrons. The first kappa shape index (κ1) is 13.8. The van der Waals surface area contributed by atoms with Gasteiger partial charge in [-0.05, 0) is 20.3 Å². The fourth-order valence-electron chi connectivity index (χ4n) is 3.06. The van der Waals surface area contributed by atoms with E-state index in [0.717, 1.165) is 32.7 Å². The molecular weight excluding hydrogens is 226 g/mol. The summed E-state index contributed by atoms with van der Waals surface area (Å²) in [5, 5.41) is 3.57. The summed E-state index contributed by atoms with van der Waals surface area (Å²) in [6.07, 6.45) is 1.21. The van der Waals surface area contributed by atoms with Crippen LogP contribution in [0.5, 0.6) is 0 Å². The van der Waals surface area contributed by atoms with Gasteiger partial charge in [0, 0.05) is 50.2 Å². The molecule has 0 saturated carbocycles. The molecule has 1 N–H and O–H groups in total. The second-order valence-corrected chi connectivity index (χ2v) is 6.64. The second-order valence-electron chi connectivity index (χ2n) is 6.64. The summed E-state index contributed by atoms with van der Waals surface area (Å²) in [5.41, 5.74) is 0.273. The van der Waals surface area contributed by atoms with Crippen molar-refractivity contribution in [1.82, 2.24) is 15.1 Å². The van der Waals surface area contributed by atoms with E-state index in [-0.39, 0.29) is 11.5 Å². The molecule has 2 saturated heterocycles. The number of nitrogens with zero attached hydrogens (tertiary/aromatic N) is 2. The quantitative estimate of drug-likeness (QED) is 0.795. The molecule has 2 aliphatic heterocycles. The zero-order valence-corrected chi connectivity index (χ0v) is 12.2. The smallest absolute Gasteiger partial charge is 0.225 e. The maximum absolute atomic E-state index is 11.9. The van der Waals surface area contributed by atoms with Gasteiger partial charge in [-0.15, -0.1) is 0 Å². The van der Waals surface area contributed by atoms with E-state index in [1.54, 1.807) is 0 Å². The number of hydrogen-bond donors (Lipinski definition) is 1. The van der Waals surface area contributed by atoms with Crippen LogP contribution >= 0.6 is 0 Å². The molecule has 0 aromatic rings. The average molecular weight is 253 g/mol. The SMILES string of the molecule is CC(C)C(=O)N1CCN(C2CNC(C)(C)C2)CC1. The lowest BCUT2D eigenvalue weighted by Gasteiger charge is -2.38. The van der Waals surface area contributed by atoms with Gasteiger partial charge in [0.15, 0.2) is 0 Å². The average Bonchev–Trinajstić information content (AvgIpc) is 2.69. The van der Waals surface area contributed by atoms with Crippen LogP contribution in [-0.2, 0) is 4.79 Å². The van der Waals surface area contributed by atoms with E-state index in [9.17, 15) is 4.79 Å². The monoisotopic (exact) mass is 253 g/mol. The van der Waals surface area contributed by atoms with E-state index in [4.69, 9.17) is 0 Å². The minimum atomic E-state index is 0.128. The van der Waals surface area contributed by atoms with Gasteiger partial charge in [0.25, 0.3) is 0 Å². The summed E-state index contributed by atoms with van der Waals surface area (Å²) in [5.74, 6) is 0.433. The fourth-order valence-corrected chi connectivity index (χ4v) is 3.06. The van der Waals surface area contributed by atoms with Gasteiger partial charge in [-0.3, -0.25) is 9.69 Å². The third-order valence-corrected chi connectivity index (χ3v) is 4.20. The maximum atomic E-state index is 11.9. The molecule has 2 rings (SSSR count). The predicted molar refractivity (Wildman–Crippen MR) is 73.5 cm³/mol. The van der Waals surface area contributed by atoms with Crippen molar-refractivity contribution >= 4 is 5.91 Å². The van der Waals surface area contributed by atoms with Crippen LogP contribution in [0.1, 0.15) is 34.1 Å². The summed E-state index contributed by atoms with van der Waals surface area (Å²) in [7, 11) is 0. The van der Waals surface area contributed by atoms with Crippen molar-refractivity contribution in [2.45, 2.75) is 45.7 Å². The van der Waals surface area contributed by atoms with Crippen molar-refractivity contribution in [3.05, 3.63) is 0 Å². The molecule has 4 heteroatoms. The van der Waals surface area contributed by atoms with Gasteiger partial charge < -0.3 is 10.2 Å². The zero-order chi connectivity index (χ0) is 13.3. The molecule has 2 aliphatic rings. The Morgan fingerprint density at radius 1 is 1.22 bits per heavy atom. The Morgan fingerprint density at radius 2 is 1.83 bits per heavy atom. The Balaban J connectivity index is 1.82. The van der Waals surface area contributed by atoms with Crippen LogP contribution in [0.15, 0.2) is 0 Å². The van der Waals surface area contributed by atoms with Gasteiger partial charge in [-0.25, -0.2) is 0 Å². The molecule has 0 aromatic heterocycles. The van der Waals surface area contributed by atoms with Crippen molar-refractivity contribution in [3.63, 3.8) is 0 Å². The highest BCUT2D eigenvalue weighted by molar-refractivity contribution is 5.78. The van der Waals surface area contributed by atoms with Crippen molar-refractivity contribution in [2.75, 3.05) is 32.7 Å². The molecule has 0 aromatic carbocycles. The lowest BCUT2D eigenvalue weighted by Crippen LogP contribution is -2.53. The number of rotatable bonds is 2. The van der Waals surface area contributed by atoms with E-state index in [1.807, 2.05) is 18.7 Å². The Morgan fingerprint density at radius 3 is 2.28 bits per heavy atom. The largest absolute Gasteiger partial charge is 0.340 e. The number of nitrogens with one attached hydrogen (secondary N) is 1. The van der Waals surface area contributed by atoms with Gasteiger partial charge in [0.1, 0.15) is 0 Å². The number of hydrogen-bond acceptors (Lipinski definition) is 3. The lowest BCUT2D eigenvalue weighted by atomic mass is 10.0. The standard InChI is InChI=1S/C14H27N3O/c1-11(2)13(18)17-7-5-16(6-8-17)12-9-14(3,4)15-10-12/h11-12,15H,5-10H2,1-4H3. The van der Waals surface area contributed by atoms with Gasteiger partial charge in [-0.2, -0.15) is 0 Å². The molecule has 0 bridgehead atoms. The second kappa shape index (κ2) is 5.17. The number of carbonyl (C=O) groups is 1. The van der Waals surface area contributed by atoms with E-state index < -0.39 is 0 Å². The van der Waals surface area contributed by atoms with Crippen molar-refractivity contribution in [2.24, 2.45) is 5.92 Å². The van der Waals surface area contributed by atoms with Gasteiger partial charge in [0.2, 0.25) is 5.91 Å². The first-order chi connectivity index (χ1) is 8.39. The molecular formula is C14H27N3O. The summed E-state index contributed by atoms with van der Waals surface area (Å²) in [6.45, 7) is 13.4. The predicted octanol–water partition coefficient (Wildman–Crippen LogP) is 0.927. The molecule has 1 amide bonds. The molecule has 2 heterocycles. The Bertz CT molecular complexity index is 306. The number of piperazine rings is 1. The lowest BCUT2D eigenvalue weighted by molar-refractivity contribution is -0.136. The zero-order valence-electron chi connectivity index (χ0n) is 12.2. The highest BCUT2D eigenvalue weighted by atomic mass is 16.2. The highest BCUT2D eigenvalue weighted by Crippen LogP contribution is 2.23. The molecule has 4 nitrogen and oxygen atoms in total. The van der Waals surface area contributed by atoms with E-state index in [2.05, 4.69) is 24.1 Å². The third-order valence-electron chi connectivity index (χ3n) is 4.20.